The van der Waals surface area contributed by atoms with Crippen molar-refractivity contribution in [1.82, 2.24) is 4.90 Å². The lowest BCUT2D eigenvalue weighted by Crippen LogP contribution is -2.50. The molecule has 1 heterocycles. The smallest absolute Gasteiger partial charge is 0.417 e. The van der Waals surface area contributed by atoms with Gasteiger partial charge in [-0.3, -0.25) is 4.79 Å². The molecule has 0 aromatic rings. The van der Waals surface area contributed by atoms with Crippen LogP contribution in [-0.4, -0.2) is 28.5 Å². The average Bonchev–Trinajstić information content (AvgIpc) is 2.09. The van der Waals surface area contributed by atoms with Gasteiger partial charge < -0.3 is 4.74 Å². The van der Waals surface area contributed by atoms with Gasteiger partial charge in [-0.2, -0.15) is 0 Å². The topological polar surface area (TPSA) is 46.6 Å². The van der Waals surface area contributed by atoms with Gasteiger partial charge in [-0.05, 0) is 40.5 Å². The number of likely N-dealkylation sites (tertiary alicyclic amines) is 1. The maximum Gasteiger partial charge on any atom is 0.417 e. The van der Waals surface area contributed by atoms with Crippen LogP contribution < -0.4 is 0 Å². The Morgan fingerprint density at radius 2 is 1.88 bits per heavy atom. The third-order valence-electron chi connectivity index (χ3n) is 2.71. The fourth-order valence-electron chi connectivity index (χ4n) is 1.78. The number of carbonyl (C=O) groups excluding carboxylic acids is 2. The van der Waals surface area contributed by atoms with Crippen molar-refractivity contribution >= 4 is 12.0 Å². The van der Waals surface area contributed by atoms with Crippen LogP contribution in [0, 0.1) is 5.92 Å². The fraction of sp³-hybridized carbons (Fsp3) is 0.833. The summed E-state index contributed by atoms with van der Waals surface area (Å²) in [7, 11) is 0. The summed E-state index contributed by atoms with van der Waals surface area (Å²) in [6.45, 7) is 9.13. The molecule has 1 saturated heterocycles. The number of amides is 2. The summed E-state index contributed by atoms with van der Waals surface area (Å²) in [5, 5.41) is 0. The molecule has 0 aliphatic carbocycles. The summed E-state index contributed by atoms with van der Waals surface area (Å²) in [5.41, 5.74) is -0.558. The van der Waals surface area contributed by atoms with E-state index in [0.717, 1.165) is 12.8 Å². The van der Waals surface area contributed by atoms with Crippen molar-refractivity contribution in [2.75, 3.05) is 0 Å². The van der Waals surface area contributed by atoms with Crippen LogP contribution in [0.15, 0.2) is 0 Å². The highest BCUT2D eigenvalue weighted by Gasteiger charge is 2.37. The fourth-order valence-corrected chi connectivity index (χ4v) is 1.78. The van der Waals surface area contributed by atoms with Gasteiger partial charge in [-0.25, -0.2) is 9.69 Å². The van der Waals surface area contributed by atoms with E-state index in [1.54, 1.807) is 20.8 Å². The second kappa shape index (κ2) is 4.44. The van der Waals surface area contributed by atoms with Crippen molar-refractivity contribution in [1.29, 1.82) is 0 Å². The Bertz CT molecular complexity index is 293. The Morgan fingerprint density at radius 3 is 2.38 bits per heavy atom. The van der Waals surface area contributed by atoms with Gasteiger partial charge in [0.15, 0.2) is 0 Å². The summed E-state index contributed by atoms with van der Waals surface area (Å²) >= 11 is 0. The molecule has 16 heavy (non-hydrogen) atoms. The van der Waals surface area contributed by atoms with E-state index >= 15 is 0 Å². The minimum absolute atomic E-state index is 0.0569. The molecule has 1 aliphatic heterocycles. The zero-order valence-corrected chi connectivity index (χ0v) is 10.7. The first-order valence-electron chi connectivity index (χ1n) is 5.78. The van der Waals surface area contributed by atoms with Gasteiger partial charge in [0.1, 0.15) is 5.60 Å². The van der Waals surface area contributed by atoms with Gasteiger partial charge in [0.25, 0.3) is 0 Å². The van der Waals surface area contributed by atoms with Crippen molar-refractivity contribution in [3.8, 4) is 0 Å². The van der Waals surface area contributed by atoms with Crippen molar-refractivity contribution in [3.63, 3.8) is 0 Å². The maximum atomic E-state index is 11.9. The van der Waals surface area contributed by atoms with E-state index in [1.165, 1.54) is 4.90 Å². The molecule has 0 spiro atoms. The summed E-state index contributed by atoms with van der Waals surface area (Å²) in [5.74, 6) is -0.197. The molecule has 4 heteroatoms. The van der Waals surface area contributed by atoms with Crippen LogP contribution in [0.25, 0.3) is 0 Å². The number of ether oxygens (including phenoxy) is 1. The lowest BCUT2D eigenvalue weighted by atomic mass is 9.94. The number of hydrogen-bond acceptors (Lipinski definition) is 3. The predicted molar refractivity (Wildman–Crippen MR) is 60.9 cm³/mol. The first-order valence-corrected chi connectivity index (χ1v) is 5.78. The van der Waals surface area contributed by atoms with Crippen molar-refractivity contribution < 1.29 is 14.3 Å². The summed E-state index contributed by atoms with van der Waals surface area (Å²) in [6.07, 6.45) is 1.18. The zero-order valence-electron chi connectivity index (χ0n) is 10.7. The van der Waals surface area contributed by atoms with Gasteiger partial charge in [-0.15, -0.1) is 0 Å². The lowest BCUT2D eigenvalue weighted by molar-refractivity contribution is -0.139. The third kappa shape index (κ3) is 2.97. The number of carbonyl (C=O) groups is 2. The van der Waals surface area contributed by atoms with Crippen LogP contribution in [0.4, 0.5) is 4.79 Å². The Hall–Kier alpha value is -1.06. The molecule has 0 unspecified atom stereocenters. The lowest BCUT2D eigenvalue weighted by Gasteiger charge is -2.35. The number of rotatable bonds is 0. The van der Waals surface area contributed by atoms with Crippen LogP contribution in [0.3, 0.4) is 0 Å². The molecule has 1 fully saturated rings. The molecule has 0 radical (unpaired) electrons. The predicted octanol–water partition coefficient (Wildman–Crippen LogP) is 2.57. The zero-order chi connectivity index (χ0) is 12.5. The second-order valence-electron chi connectivity index (χ2n) is 5.52. The highest BCUT2D eigenvalue weighted by molar-refractivity contribution is 5.94. The van der Waals surface area contributed by atoms with Crippen LogP contribution in [0.1, 0.15) is 47.5 Å². The summed E-state index contributed by atoms with van der Waals surface area (Å²) in [4.78, 5) is 25.0. The van der Waals surface area contributed by atoms with E-state index < -0.39 is 11.7 Å². The Morgan fingerprint density at radius 1 is 1.31 bits per heavy atom. The molecule has 0 aromatic heterocycles. The van der Waals surface area contributed by atoms with Crippen molar-refractivity contribution in [3.05, 3.63) is 0 Å². The molecule has 1 rings (SSSR count). The van der Waals surface area contributed by atoms with E-state index in [-0.39, 0.29) is 17.9 Å². The van der Waals surface area contributed by atoms with Crippen LogP contribution in [-0.2, 0) is 9.53 Å². The minimum atomic E-state index is -0.558. The van der Waals surface area contributed by atoms with Gasteiger partial charge in [0.2, 0.25) is 5.91 Å². The van der Waals surface area contributed by atoms with E-state index in [0.29, 0.717) is 0 Å². The SMILES string of the molecule is C[C@@H]1CC[C@@H](C)N(C(=O)OC(C)(C)C)C1=O. The molecule has 0 saturated carbocycles. The van der Waals surface area contributed by atoms with Gasteiger partial charge in [-0.1, -0.05) is 6.92 Å². The van der Waals surface area contributed by atoms with Gasteiger partial charge in [0.05, 0.1) is 0 Å². The Balaban J connectivity index is 2.76. The number of nitrogens with zero attached hydrogens (tertiary/aromatic N) is 1. The number of hydrogen-bond donors (Lipinski definition) is 0. The van der Waals surface area contributed by atoms with Crippen molar-refractivity contribution in [2.24, 2.45) is 5.92 Å². The standard InChI is InChI=1S/C12H21NO3/c1-8-6-7-9(2)13(10(8)14)11(15)16-12(3,4)5/h8-9H,6-7H2,1-5H3/t8-,9-/m1/s1. The van der Waals surface area contributed by atoms with Gasteiger partial charge >= 0.3 is 6.09 Å². The van der Waals surface area contributed by atoms with Crippen molar-refractivity contribution in [2.45, 2.75) is 59.1 Å². The molecular weight excluding hydrogens is 206 g/mol. The normalized spacial score (nSPS) is 26.8. The molecule has 2 atom stereocenters. The molecule has 2 amide bonds. The summed E-state index contributed by atoms with van der Waals surface area (Å²) in [6, 6.07) is -0.0569. The number of piperidine rings is 1. The molecule has 4 nitrogen and oxygen atoms in total. The van der Waals surface area contributed by atoms with Crippen LogP contribution in [0.5, 0.6) is 0 Å². The Labute approximate surface area is 96.9 Å². The first kappa shape index (κ1) is 13.0. The molecule has 0 N–H and O–H groups in total. The largest absolute Gasteiger partial charge is 0.443 e. The molecule has 1 aliphatic rings. The minimum Gasteiger partial charge on any atom is -0.443 e. The molecule has 92 valence electrons. The molecule has 0 aromatic carbocycles. The molecular formula is C12H21NO3. The van der Waals surface area contributed by atoms with Crippen LogP contribution >= 0.6 is 0 Å². The average molecular weight is 227 g/mol. The van der Waals surface area contributed by atoms with E-state index in [4.69, 9.17) is 4.74 Å². The second-order valence-corrected chi connectivity index (χ2v) is 5.52. The highest BCUT2D eigenvalue weighted by atomic mass is 16.6. The quantitative estimate of drug-likeness (QED) is 0.639. The highest BCUT2D eigenvalue weighted by Crippen LogP contribution is 2.24. The summed E-state index contributed by atoms with van der Waals surface area (Å²) < 4.78 is 5.23. The van der Waals surface area contributed by atoms with E-state index in [9.17, 15) is 9.59 Å². The maximum absolute atomic E-state index is 11.9. The third-order valence-corrected chi connectivity index (χ3v) is 2.71. The van der Waals surface area contributed by atoms with E-state index in [1.807, 2.05) is 13.8 Å². The van der Waals surface area contributed by atoms with E-state index in [2.05, 4.69) is 0 Å². The Kier molecular flexibility index (Phi) is 3.61. The van der Waals surface area contributed by atoms with Crippen LogP contribution in [0.2, 0.25) is 0 Å². The number of imide groups is 1. The monoisotopic (exact) mass is 227 g/mol. The first-order chi connectivity index (χ1) is 7.22. The molecule has 0 bridgehead atoms. The van der Waals surface area contributed by atoms with Gasteiger partial charge in [0, 0.05) is 12.0 Å².